The minimum Gasteiger partial charge on any atom is -0.159 e. The van der Waals surface area contributed by atoms with Crippen LogP contribution in [0.15, 0.2) is 10.2 Å². The summed E-state index contributed by atoms with van der Waals surface area (Å²) < 4.78 is 0. The normalized spacial score (nSPS) is 23.9. The molecular weight excluding hydrogens is 184 g/mol. The molecule has 0 atom stereocenters. The van der Waals surface area contributed by atoms with Gasteiger partial charge in [0.1, 0.15) is 0 Å². The van der Waals surface area contributed by atoms with Crippen molar-refractivity contribution in [1.29, 1.82) is 0 Å². The van der Waals surface area contributed by atoms with Crippen LogP contribution >= 0.6 is 0 Å². The molecule has 2 aliphatic rings. The van der Waals surface area contributed by atoms with Gasteiger partial charge < -0.3 is 0 Å². The molecule has 2 heteroatoms. The second-order valence-corrected chi connectivity index (χ2v) is 5.90. The SMILES string of the molecule is CC(C)(C)C1=NN=C(C2CCCCC2)C1. The van der Waals surface area contributed by atoms with Crippen LogP contribution in [0.5, 0.6) is 0 Å². The van der Waals surface area contributed by atoms with Gasteiger partial charge in [-0.25, -0.2) is 0 Å². The van der Waals surface area contributed by atoms with Crippen LogP contribution in [0.1, 0.15) is 59.3 Å². The second-order valence-electron chi connectivity index (χ2n) is 5.90. The smallest absolute Gasteiger partial charge is 0.0516 e. The molecular formula is C13H22N2. The lowest BCUT2D eigenvalue weighted by atomic mass is 9.81. The van der Waals surface area contributed by atoms with Gasteiger partial charge in [0.15, 0.2) is 0 Å². The highest BCUT2D eigenvalue weighted by atomic mass is 15.2. The second kappa shape index (κ2) is 4.07. The highest BCUT2D eigenvalue weighted by molar-refractivity contribution is 6.10. The van der Waals surface area contributed by atoms with E-state index in [1.165, 1.54) is 43.5 Å². The van der Waals surface area contributed by atoms with E-state index in [1.807, 2.05) is 0 Å². The van der Waals surface area contributed by atoms with Crippen molar-refractivity contribution in [3.63, 3.8) is 0 Å². The average molecular weight is 206 g/mol. The minimum atomic E-state index is 0.194. The Balaban J connectivity index is 1.94. The summed E-state index contributed by atoms with van der Waals surface area (Å²) in [5.41, 5.74) is 2.82. The third-order valence-corrected chi connectivity index (χ3v) is 3.59. The molecule has 2 nitrogen and oxygen atoms in total. The fraction of sp³-hybridized carbons (Fsp3) is 0.846. The Morgan fingerprint density at radius 2 is 1.67 bits per heavy atom. The fourth-order valence-electron chi connectivity index (χ4n) is 2.44. The zero-order chi connectivity index (χ0) is 10.9. The van der Waals surface area contributed by atoms with E-state index in [4.69, 9.17) is 0 Å². The summed E-state index contributed by atoms with van der Waals surface area (Å²) in [7, 11) is 0. The Morgan fingerprint density at radius 3 is 2.20 bits per heavy atom. The molecule has 84 valence electrons. The third-order valence-electron chi connectivity index (χ3n) is 3.59. The molecule has 15 heavy (non-hydrogen) atoms. The molecule has 1 saturated carbocycles. The zero-order valence-corrected chi connectivity index (χ0v) is 10.2. The van der Waals surface area contributed by atoms with Crippen LogP contribution < -0.4 is 0 Å². The van der Waals surface area contributed by atoms with Gasteiger partial charge in [-0.05, 0) is 18.8 Å². The standard InChI is InChI=1S/C13H22N2/c1-13(2,3)12-9-11(14-15-12)10-7-5-4-6-8-10/h10H,4-9H2,1-3H3. The van der Waals surface area contributed by atoms with Gasteiger partial charge in [-0.2, -0.15) is 10.2 Å². The van der Waals surface area contributed by atoms with Crippen molar-refractivity contribution in [3.05, 3.63) is 0 Å². The Kier molecular flexibility index (Phi) is 2.94. The van der Waals surface area contributed by atoms with Gasteiger partial charge in [0.05, 0.1) is 5.71 Å². The highest BCUT2D eigenvalue weighted by Gasteiger charge is 2.28. The zero-order valence-electron chi connectivity index (χ0n) is 10.2. The molecule has 0 aromatic carbocycles. The highest BCUT2D eigenvalue weighted by Crippen LogP contribution is 2.30. The molecule has 0 bridgehead atoms. The van der Waals surface area contributed by atoms with Crippen LogP contribution in [0, 0.1) is 11.3 Å². The molecule has 0 N–H and O–H groups in total. The lowest BCUT2D eigenvalue weighted by molar-refractivity contribution is 0.437. The lowest BCUT2D eigenvalue weighted by Gasteiger charge is -2.23. The molecule has 2 rings (SSSR count). The summed E-state index contributed by atoms with van der Waals surface area (Å²) in [6.45, 7) is 6.68. The van der Waals surface area contributed by atoms with Gasteiger partial charge >= 0.3 is 0 Å². The van der Waals surface area contributed by atoms with Crippen molar-refractivity contribution < 1.29 is 0 Å². The molecule has 1 fully saturated rings. The van der Waals surface area contributed by atoms with E-state index in [-0.39, 0.29) is 5.41 Å². The topological polar surface area (TPSA) is 24.7 Å². The van der Waals surface area contributed by atoms with Gasteiger partial charge in [-0.15, -0.1) is 0 Å². The number of nitrogens with zero attached hydrogens (tertiary/aromatic N) is 2. The first-order valence-corrected chi connectivity index (χ1v) is 6.21. The third kappa shape index (κ3) is 2.47. The summed E-state index contributed by atoms with van der Waals surface area (Å²) in [5, 5.41) is 8.78. The number of hydrogen-bond acceptors (Lipinski definition) is 2. The van der Waals surface area contributed by atoms with Gasteiger partial charge in [0.25, 0.3) is 0 Å². The molecule has 1 heterocycles. The minimum absolute atomic E-state index is 0.194. The predicted molar refractivity (Wildman–Crippen MR) is 65.5 cm³/mol. The van der Waals surface area contributed by atoms with E-state index >= 15 is 0 Å². The summed E-state index contributed by atoms with van der Waals surface area (Å²) in [6, 6.07) is 0. The van der Waals surface area contributed by atoms with E-state index in [1.54, 1.807) is 0 Å². The molecule has 0 saturated heterocycles. The van der Waals surface area contributed by atoms with Crippen LogP contribution in [0.25, 0.3) is 0 Å². The molecule has 0 aromatic rings. The maximum atomic E-state index is 4.41. The monoisotopic (exact) mass is 206 g/mol. The number of hydrogen-bond donors (Lipinski definition) is 0. The molecule has 1 aliphatic carbocycles. The summed E-state index contributed by atoms with van der Waals surface area (Å²) in [4.78, 5) is 0. The van der Waals surface area contributed by atoms with Crippen LogP contribution in [-0.2, 0) is 0 Å². The summed E-state index contributed by atoms with van der Waals surface area (Å²) in [6.07, 6.45) is 7.89. The Morgan fingerprint density at radius 1 is 1.00 bits per heavy atom. The maximum Gasteiger partial charge on any atom is 0.0516 e. The van der Waals surface area contributed by atoms with Crippen LogP contribution in [0.4, 0.5) is 0 Å². The van der Waals surface area contributed by atoms with Crippen LogP contribution in [0.3, 0.4) is 0 Å². The molecule has 0 aromatic heterocycles. The van der Waals surface area contributed by atoms with Crippen LogP contribution in [0.2, 0.25) is 0 Å². The van der Waals surface area contributed by atoms with Crippen molar-refractivity contribution in [3.8, 4) is 0 Å². The van der Waals surface area contributed by atoms with Crippen molar-refractivity contribution in [2.24, 2.45) is 21.5 Å². The van der Waals surface area contributed by atoms with E-state index in [9.17, 15) is 0 Å². The summed E-state index contributed by atoms with van der Waals surface area (Å²) >= 11 is 0. The molecule has 0 unspecified atom stereocenters. The van der Waals surface area contributed by atoms with E-state index in [2.05, 4.69) is 31.0 Å². The van der Waals surface area contributed by atoms with E-state index < -0.39 is 0 Å². The lowest BCUT2D eigenvalue weighted by Crippen LogP contribution is -2.24. The van der Waals surface area contributed by atoms with Gasteiger partial charge in [-0.1, -0.05) is 40.0 Å². The molecule has 0 spiro atoms. The first kappa shape index (κ1) is 10.8. The summed E-state index contributed by atoms with van der Waals surface area (Å²) in [5.74, 6) is 0.738. The molecule has 0 amide bonds. The van der Waals surface area contributed by atoms with Crippen molar-refractivity contribution in [1.82, 2.24) is 0 Å². The van der Waals surface area contributed by atoms with Crippen molar-refractivity contribution in [2.75, 3.05) is 0 Å². The van der Waals surface area contributed by atoms with Crippen LogP contribution in [-0.4, -0.2) is 11.4 Å². The first-order valence-electron chi connectivity index (χ1n) is 6.21. The van der Waals surface area contributed by atoms with E-state index in [0.717, 1.165) is 12.3 Å². The molecule has 1 aliphatic heterocycles. The predicted octanol–water partition coefficient (Wildman–Crippen LogP) is 3.81. The van der Waals surface area contributed by atoms with Crippen molar-refractivity contribution in [2.45, 2.75) is 59.3 Å². The Labute approximate surface area is 92.9 Å². The van der Waals surface area contributed by atoms with Gasteiger partial charge in [-0.3, -0.25) is 0 Å². The van der Waals surface area contributed by atoms with Crippen molar-refractivity contribution >= 4 is 11.4 Å². The quantitative estimate of drug-likeness (QED) is 0.623. The molecule has 0 radical (unpaired) electrons. The van der Waals surface area contributed by atoms with E-state index in [0.29, 0.717) is 0 Å². The largest absolute Gasteiger partial charge is 0.159 e. The van der Waals surface area contributed by atoms with Gasteiger partial charge in [0.2, 0.25) is 0 Å². The van der Waals surface area contributed by atoms with Gasteiger partial charge in [0, 0.05) is 17.5 Å². The first-order chi connectivity index (χ1) is 7.07. The Bertz CT molecular complexity index is 288. The number of rotatable bonds is 1. The maximum absolute atomic E-state index is 4.41. The fourth-order valence-corrected chi connectivity index (χ4v) is 2.44. The Hall–Kier alpha value is -0.660. The average Bonchev–Trinajstić information content (AvgIpc) is 2.67.